The van der Waals surface area contributed by atoms with E-state index >= 15 is 0 Å². The van der Waals surface area contributed by atoms with Gasteiger partial charge in [0.15, 0.2) is 0 Å². The van der Waals surface area contributed by atoms with E-state index in [9.17, 15) is 9.59 Å². The molecule has 0 radical (unpaired) electrons. The summed E-state index contributed by atoms with van der Waals surface area (Å²) in [5.74, 6) is 0.730. The van der Waals surface area contributed by atoms with Crippen LogP contribution >= 0.6 is 11.3 Å². The molecule has 28 heavy (non-hydrogen) atoms. The fourth-order valence-corrected chi connectivity index (χ4v) is 3.60. The molecule has 1 amide bonds. The van der Waals surface area contributed by atoms with E-state index in [0.717, 1.165) is 17.7 Å². The molecule has 0 aromatic carbocycles. The van der Waals surface area contributed by atoms with Crippen LogP contribution in [0.1, 0.15) is 52.1 Å². The maximum Gasteiger partial charge on any atom is 0.252 e. The molecule has 3 aromatic heterocycles. The molecule has 7 nitrogen and oxygen atoms in total. The first-order valence-electron chi connectivity index (χ1n) is 9.49. The van der Waals surface area contributed by atoms with Gasteiger partial charge < -0.3 is 5.32 Å². The van der Waals surface area contributed by atoms with Crippen molar-refractivity contribution in [3.05, 3.63) is 45.7 Å². The lowest BCUT2D eigenvalue weighted by atomic mass is 10.0. The third-order valence-electron chi connectivity index (χ3n) is 4.63. The van der Waals surface area contributed by atoms with Crippen LogP contribution in [0.15, 0.2) is 34.4 Å². The first kappa shape index (κ1) is 20.0. The Labute approximate surface area is 167 Å². The van der Waals surface area contributed by atoms with Crippen LogP contribution < -0.4 is 10.9 Å². The van der Waals surface area contributed by atoms with Crippen molar-refractivity contribution in [3.8, 4) is 16.5 Å². The summed E-state index contributed by atoms with van der Waals surface area (Å²) < 4.78 is 1.50. The summed E-state index contributed by atoms with van der Waals surface area (Å²) in [7, 11) is 0. The van der Waals surface area contributed by atoms with Crippen molar-refractivity contribution in [2.75, 3.05) is 5.32 Å². The smallest absolute Gasteiger partial charge is 0.252 e. The minimum absolute atomic E-state index is 0.0637. The van der Waals surface area contributed by atoms with E-state index in [1.54, 1.807) is 11.3 Å². The molecule has 148 valence electrons. The van der Waals surface area contributed by atoms with Gasteiger partial charge in [0, 0.05) is 18.1 Å². The quantitative estimate of drug-likeness (QED) is 0.623. The highest BCUT2D eigenvalue weighted by Crippen LogP contribution is 2.28. The maximum atomic E-state index is 12.7. The van der Waals surface area contributed by atoms with E-state index in [1.807, 2.05) is 51.3 Å². The van der Waals surface area contributed by atoms with Gasteiger partial charge in [-0.1, -0.05) is 33.8 Å². The Morgan fingerprint density at radius 2 is 2.04 bits per heavy atom. The molecule has 0 aliphatic carbocycles. The van der Waals surface area contributed by atoms with Crippen LogP contribution in [-0.2, 0) is 4.79 Å². The number of carbonyl (C=O) groups excluding carboxylic acids is 1. The lowest BCUT2D eigenvalue weighted by molar-refractivity contribution is -0.120. The summed E-state index contributed by atoms with van der Waals surface area (Å²) in [5.41, 5.74) is 1.13. The van der Waals surface area contributed by atoms with Crippen molar-refractivity contribution in [1.29, 1.82) is 0 Å². The number of carbonyl (C=O) groups is 1. The number of hydrogen-bond donors (Lipinski definition) is 2. The number of nitrogens with one attached hydrogen (secondary N) is 2. The second-order valence-corrected chi connectivity index (χ2v) is 7.90. The van der Waals surface area contributed by atoms with Crippen molar-refractivity contribution >= 4 is 23.1 Å². The van der Waals surface area contributed by atoms with Gasteiger partial charge in [-0.3, -0.25) is 14.6 Å². The van der Waals surface area contributed by atoms with Crippen LogP contribution in [0, 0.1) is 5.92 Å². The van der Waals surface area contributed by atoms with Crippen molar-refractivity contribution in [1.82, 2.24) is 19.7 Å². The number of nitrogens with zero attached hydrogens (tertiary/aromatic N) is 3. The highest BCUT2D eigenvalue weighted by atomic mass is 32.1. The average Bonchev–Trinajstić information content (AvgIpc) is 3.32. The predicted octanol–water partition coefficient (Wildman–Crippen LogP) is 4.18. The van der Waals surface area contributed by atoms with Crippen molar-refractivity contribution in [2.45, 2.75) is 46.5 Å². The largest absolute Gasteiger partial charge is 0.310 e. The Balaban J connectivity index is 2.09. The van der Waals surface area contributed by atoms with Crippen LogP contribution in [0.2, 0.25) is 0 Å². The number of H-pyrrole nitrogens is 1. The third kappa shape index (κ3) is 4.22. The van der Waals surface area contributed by atoms with Crippen LogP contribution in [0.4, 0.5) is 5.82 Å². The second kappa shape index (κ2) is 8.52. The summed E-state index contributed by atoms with van der Waals surface area (Å²) in [6, 6.07) is 7.21. The molecule has 2 N–H and O–H groups in total. The molecule has 0 fully saturated rings. The lowest BCUT2D eigenvalue weighted by Crippen LogP contribution is -2.24. The molecule has 0 saturated heterocycles. The van der Waals surface area contributed by atoms with Crippen molar-refractivity contribution in [2.24, 2.45) is 5.92 Å². The van der Waals surface area contributed by atoms with Crippen LogP contribution in [0.3, 0.4) is 0 Å². The zero-order valence-corrected chi connectivity index (χ0v) is 17.3. The van der Waals surface area contributed by atoms with Crippen LogP contribution in [0.5, 0.6) is 0 Å². The number of anilines is 1. The first-order valence-corrected chi connectivity index (χ1v) is 10.4. The first-order chi connectivity index (χ1) is 13.4. The third-order valence-corrected chi connectivity index (χ3v) is 5.52. The van der Waals surface area contributed by atoms with Gasteiger partial charge in [-0.05, 0) is 30.2 Å². The molecule has 0 unspecified atom stereocenters. The molecule has 0 bridgehead atoms. The van der Waals surface area contributed by atoms with Crippen molar-refractivity contribution in [3.63, 3.8) is 0 Å². The average molecular weight is 400 g/mol. The monoisotopic (exact) mass is 399 g/mol. The van der Waals surface area contributed by atoms with Gasteiger partial charge in [0.05, 0.1) is 10.6 Å². The number of rotatable bonds is 7. The molecule has 0 spiro atoms. The van der Waals surface area contributed by atoms with Gasteiger partial charge in [-0.25, -0.2) is 4.98 Å². The van der Waals surface area contributed by atoms with Gasteiger partial charge >= 0.3 is 0 Å². The fraction of sp³-hybridized carbons (Fsp3) is 0.400. The molecule has 0 aliphatic rings. The molecule has 3 rings (SSSR count). The molecule has 3 heterocycles. The Kier molecular flexibility index (Phi) is 6.08. The minimum Gasteiger partial charge on any atom is -0.310 e. The summed E-state index contributed by atoms with van der Waals surface area (Å²) in [5, 5.41) is 9.54. The van der Waals surface area contributed by atoms with Gasteiger partial charge in [-0.2, -0.15) is 9.78 Å². The van der Waals surface area contributed by atoms with Gasteiger partial charge in [0.25, 0.3) is 5.56 Å². The lowest BCUT2D eigenvalue weighted by Gasteiger charge is -2.14. The van der Waals surface area contributed by atoms with Crippen molar-refractivity contribution < 1.29 is 4.79 Å². The van der Waals surface area contributed by atoms with E-state index < -0.39 is 0 Å². The van der Waals surface area contributed by atoms with Gasteiger partial charge in [0.1, 0.15) is 11.5 Å². The van der Waals surface area contributed by atoms with E-state index in [1.165, 1.54) is 10.7 Å². The summed E-state index contributed by atoms with van der Waals surface area (Å²) >= 11 is 1.56. The molecular formula is C20H25N5O2S. The number of hydrogen-bond acceptors (Lipinski definition) is 5. The molecule has 3 aromatic rings. The van der Waals surface area contributed by atoms with E-state index in [-0.39, 0.29) is 23.3 Å². The predicted molar refractivity (Wildman–Crippen MR) is 112 cm³/mol. The van der Waals surface area contributed by atoms with Crippen LogP contribution in [-0.4, -0.2) is 25.7 Å². The molecule has 0 saturated carbocycles. The highest BCUT2D eigenvalue weighted by Gasteiger charge is 2.20. The molecular weight excluding hydrogens is 374 g/mol. The van der Waals surface area contributed by atoms with Crippen LogP contribution in [0.25, 0.3) is 16.5 Å². The zero-order valence-electron chi connectivity index (χ0n) is 16.5. The second-order valence-electron chi connectivity index (χ2n) is 6.96. The van der Waals surface area contributed by atoms with E-state index in [0.29, 0.717) is 23.2 Å². The number of aromatic nitrogens is 4. The van der Waals surface area contributed by atoms with E-state index in [2.05, 4.69) is 20.4 Å². The van der Waals surface area contributed by atoms with Gasteiger partial charge in [-0.15, -0.1) is 11.3 Å². The fourth-order valence-electron chi connectivity index (χ4n) is 2.92. The Morgan fingerprint density at radius 3 is 2.64 bits per heavy atom. The van der Waals surface area contributed by atoms with E-state index in [4.69, 9.17) is 0 Å². The molecule has 0 atom stereocenters. The highest BCUT2D eigenvalue weighted by molar-refractivity contribution is 7.13. The summed E-state index contributed by atoms with van der Waals surface area (Å²) in [4.78, 5) is 33.0. The normalized spacial score (nSPS) is 11.4. The molecule has 0 aliphatic heterocycles. The Morgan fingerprint density at radius 1 is 1.29 bits per heavy atom. The summed E-state index contributed by atoms with van der Waals surface area (Å²) in [6.45, 7) is 7.93. The Hall–Kier alpha value is -2.74. The summed E-state index contributed by atoms with van der Waals surface area (Å²) in [6.07, 6.45) is 1.51. The van der Waals surface area contributed by atoms with Gasteiger partial charge in [0.2, 0.25) is 11.9 Å². The Bertz CT molecular complexity index is 1000. The maximum absolute atomic E-state index is 12.7. The SMILES string of the molecule is CCC(CC)C(=O)Nc1cc(-c2cccs2)nn1-c1nc(C(C)C)cc(=O)[nH]1. The minimum atomic E-state index is -0.251. The zero-order chi connectivity index (χ0) is 20.3. The number of aromatic amines is 1. The topological polar surface area (TPSA) is 92.7 Å². The number of amides is 1. The molecule has 8 heteroatoms. The standard InChI is InChI=1S/C20H25N5O2S/c1-5-13(6-2)19(27)22-17-10-15(16-8-7-9-28-16)24-25(17)20-21-14(12(3)4)11-18(26)23-20/h7-13H,5-6H2,1-4H3,(H,22,27)(H,21,23,26). The number of thiophene rings is 1.